The highest BCUT2D eigenvalue weighted by molar-refractivity contribution is 5.85. The van der Waals surface area contributed by atoms with Crippen LogP contribution in [0.25, 0.3) is 0 Å². The number of halogens is 4. The van der Waals surface area contributed by atoms with Gasteiger partial charge in [0.2, 0.25) is 5.91 Å². The maximum Gasteiger partial charge on any atom is 0.416 e. The highest BCUT2D eigenvalue weighted by Crippen LogP contribution is 2.42. The van der Waals surface area contributed by atoms with Crippen LogP contribution in [0.3, 0.4) is 0 Å². The molecule has 0 bridgehead atoms. The lowest BCUT2D eigenvalue weighted by Crippen LogP contribution is -2.35. The molecule has 150 valence electrons. The normalized spacial score (nSPS) is 24.0. The van der Waals surface area contributed by atoms with E-state index in [1.54, 1.807) is 6.07 Å². The van der Waals surface area contributed by atoms with Crippen LogP contribution in [0, 0.1) is 11.8 Å². The summed E-state index contributed by atoms with van der Waals surface area (Å²) in [7, 11) is 0. The van der Waals surface area contributed by atoms with Gasteiger partial charge < -0.3 is 10.2 Å². The van der Waals surface area contributed by atoms with Gasteiger partial charge >= 0.3 is 6.18 Å². The molecule has 3 nitrogen and oxygen atoms in total. The summed E-state index contributed by atoms with van der Waals surface area (Å²) in [5.74, 6) is 0.621. The van der Waals surface area contributed by atoms with Gasteiger partial charge in [-0.05, 0) is 23.1 Å². The van der Waals surface area contributed by atoms with Crippen LogP contribution in [0.4, 0.5) is 13.2 Å². The molecule has 2 fully saturated rings. The second kappa shape index (κ2) is 8.13. The fraction of sp³-hybridized carbons (Fsp3) is 0.381. The molecule has 3 atom stereocenters. The summed E-state index contributed by atoms with van der Waals surface area (Å²) < 4.78 is 38.8. The van der Waals surface area contributed by atoms with E-state index in [4.69, 9.17) is 0 Å². The number of nitrogens with zero attached hydrogens (tertiary/aromatic N) is 1. The lowest BCUT2D eigenvalue weighted by molar-refractivity contribution is -0.138. The quantitative estimate of drug-likeness (QED) is 0.826. The molecule has 28 heavy (non-hydrogen) atoms. The van der Waals surface area contributed by atoms with Crippen LogP contribution in [-0.4, -0.2) is 30.4 Å². The van der Waals surface area contributed by atoms with Gasteiger partial charge in [0.05, 0.1) is 18.0 Å². The van der Waals surface area contributed by atoms with Crippen LogP contribution >= 0.6 is 12.4 Å². The van der Waals surface area contributed by atoms with Gasteiger partial charge in [-0.1, -0.05) is 48.5 Å². The zero-order valence-electron chi connectivity index (χ0n) is 15.2. The molecule has 2 aromatic rings. The van der Waals surface area contributed by atoms with Crippen molar-refractivity contribution in [1.82, 2.24) is 10.2 Å². The zero-order chi connectivity index (χ0) is 19.0. The fourth-order valence-corrected chi connectivity index (χ4v) is 4.39. The molecular formula is C21H22ClF3N2O. The summed E-state index contributed by atoms with van der Waals surface area (Å²) >= 11 is 0. The number of hydrogen-bond donors (Lipinski definition) is 1. The van der Waals surface area contributed by atoms with Crippen molar-refractivity contribution >= 4 is 18.3 Å². The van der Waals surface area contributed by atoms with Gasteiger partial charge in [-0.2, -0.15) is 13.2 Å². The van der Waals surface area contributed by atoms with Crippen molar-refractivity contribution in [2.45, 2.75) is 18.6 Å². The molecule has 2 heterocycles. The van der Waals surface area contributed by atoms with Crippen molar-refractivity contribution in [2.75, 3.05) is 19.6 Å². The second-order valence-corrected chi connectivity index (χ2v) is 7.36. The number of benzene rings is 2. The SMILES string of the molecule is Cl.O=C(Cc1cccc(C(F)(F)F)c1)N1C[C@@H]2CNC[C@@H]2[C@H]1c1ccccc1. The topological polar surface area (TPSA) is 32.3 Å². The molecule has 0 unspecified atom stereocenters. The first-order valence-electron chi connectivity index (χ1n) is 9.15. The monoisotopic (exact) mass is 410 g/mol. The molecule has 4 rings (SSSR count). The molecule has 0 spiro atoms. The first-order valence-corrected chi connectivity index (χ1v) is 9.15. The molecule has 0 aromatic heterocycles. The minimum Gasteiger partial charge on any atom is -0.335 e. The van der Waals surface area contributed by atoms with Gasteiger partial charge in [0.1, 0.15) is 0 Å². The number of nitrogens with one attached hydrogen (secondary N) is 1. The van der Waals surface area contributed by atoms with E-state index in [1.165, 1.54) is 6.07 Å². The van der Waals surface area contributed by atoms with Gasteiger partial charge in [0.15, 0.2) is 0 Å². The van der Waals surface area contributed by atoms with E-state index < -0.39 is 11.7 Å². The van der Waals surface area contributed by atoms with Crippen LogP contribution in [0.2, 0.25) is 0 Å². The molecule has 0 radical (unpaired) electrons. The van der Waals surface area contributed by atoms with Crippen molar-refractivity contribution in [3.05, 3.63) is 71.3 Å². The van der Waals surface area contributed by atoms with Crippen LogP contribution in [-0.2, 0) is 17.4 Å². The molecule has 2 saturated heterocycles. The number of rotatable bonds is 3. The predicted octanol–water partition coefficient (Wildman–Crippen LogP) is 4.09. The van der Waals surface area contributed by atoms with Gasteiger partial charge in [0, 0.05) is 25.6 Å². The van der Waals surface area contributed by atoms with Gasteiger partial charge in [-0.15, -0.1) is 12.4 Å². The average Bonchev–Trinajstić information content (AvgIpc) is 3.23. The second-order valence-electron chi connectivity index (χ2n) is 7.36. The number of hydrogen-bond acceptors (Lipinski definition) is 2. The van der Waals surface area contributed by atoms with E-state index in [0.29, 0.717) is 23.9 Å². The maximum absolute atomic E-state index is 13.0. The Morgan fingerprint density at radius 2 is 1.82 bits per heavy atom. The highest BCUT2D eigenvalue weighted by atomic mass is 35.5. The Labute approximate surface area is 168 Å². The van der Waals surface area contributed by atoms with E-state index in [2.05, 4.69) is 5.32 Å². The van der Waals surface area contributed by atoms with E-state index in [1.807, 2.05) is 35.2 Å². The summed E-state index contributed by atoms with van der Waals surface area (Å²) in [6, 6.07) is 14.9. The number of amides is 1. The first kappa shape index (κ1) is 20.7. The summed E-state index contributed by atoms with van der Waals surface area (Å²) in [6.07, 6.45) is -4.41. The molecule has 1 amide bonds. The van der Waals surface area contributed by atoms with E-state index in [0.717, 1.165) is 30.8 Å². The molecule has 0 aliphatic carbocycles. The number of fused-ring (bicyclic) bond motifs is 1. The summed E-state index contributed by atoms with van der Waals surface area (Å²) in [5.41, 5.74) is 0.776. The Kier molecular flexibility index (Phi) is 6.01. The van der Waals surface area contributed by atoms with Crippen LogP contribution in [0.5, 0.6) is 0 Å². The lowest BCUT2D eigenvalue weighted by atomic mass is 9.89. The molecule has 0 saturated carbocycles. The van der Waals surface area contributed by atoms with E-state index >= 15 is 0 Å². The molecule has 7 heteroatoms. The number of alkyl halides is 3. The molecule has 2 aromatic carbocycles. The average molecular weight is 411 g/mol. The Bertz CT molecular complexity index is 828. The summed E-state index contributed by atoms with van der Waals surface area (Å²) in [4.78, 5) is 14.9. The Balaban J connectivity index is 0.00000225. The standard InChI is InChI=1S/C21H21F3N2O.ClH/c22-21(23,24)17-8-4-5-14(9-17)10-19(27)26-13-16-11-25-12-18(16)20(26)15-6-2-1-3-7-15;/h1-9,16,18,20,25H,10-13H2;1H/t16-,18-,20+;/m0./s1. The van der Waals surface area contributed by atoms with E-state index in [-0.39, 0.29) is 30.8 Å². The molecule has 2 aliphatic heterocycles. The van der Waals surface area contributed by atoms with Gasteiger partial charge in [0.25, 0.3) is 0 Å². The molecule has 2 aliphatic rings. The first-order chi connectivity index (χ1) is 12.9. The Hall–Kier alpha value is -2.05. The zero-order valence-corrected chi connectivity index (χ0v) is 16.0. The minimum absolute atomic E-state index is 0. The highest BCUT2D eigenvalue weighted by Gasteiger charge is 2.46. The number of likely N-dealkylation sites (tertiary alicyclic amines) is 1. The van der Waals surface area contributed by atoms with E-state index in [9.17, 15) is 18.0 Å². The number of carbonyl (C=O) groups excluding carboxylic acids is 1. The van der Waals surface area contributed by atoms with Gasteiger partial charge in [-0.25, -0.2) is 0 Å². The lowest BCUT2D eigenvalue weighted by Gasteiger charge is -2.28. The predicted molar refractivity (Wildman–Crippen MR) is 103 cm³/mol. The van der Waals surface area contributed by atoms with Crippen molar-refractivity contribution in [2.24, 2.45) is 11.8 Å². The minimum atomic E-state index is -4.40. The Morgan fingerprint density at radius 1 is 1.07 bits per heavy atom. The molecule has 1 N–H and O–H groups in total. The molecular weight excluding hydrogens is 389 g/mol. The third-order valence-corrected chi connectivity index (χ3v) is 5.64. The van der Waals surface area contributed by atoms with Crippen LogP contribution in [0.15, 0.2) is 54.6 Å². The Morgan fingerprint density at radius 3 is 2.54 bits per heavy atom. The number of carbonyl (C=O) groups is 1. The smallest absolute Gasteiger partial charge is 0.335 e. The van der Waals surface area contributed by atoms with Crippen molar-refractivity contribution in [3.8, 4) is 0 Å². The fourth-order valence-electron chi connectivity index (χ4n) is 4.39. The third-order valence-electron chi connectivity index (χ3n) is 5.64. The summed E-state index contributed by atoms with van der Waals surface area (Å²) in [5, 5.41) is 3.39. The third kappa shape index (κ3) is 4.03. The van der Waals surface area contributed by atoms with Crippen LogP contribution in [0.1, 0.15) is 22.7 Å². The van der Waals surface area contributed by atoms with Gasteiger partial charge in [-0.3, -0.25) is 4.79 Å². The maximum atomic E-state index is 13.0. The summed E-state index contributed by atoms with van der Waals surface area (Å²) in [6.45, 7) is 2.38. The van der Waals surface area contributed by atoms with Crippen molar-refractivity contribution in [1.29, 1.82) is 0 Å². The van der Waals surface area contributed by atoms with Crippen LogP contribution < -0.4 is 5.32 Å². The van der Waals surface area contributed by atoms with Crippen molar-refractivity contribution in [3.63, 3.8) is 0 Å². The largest absolute Gasteiger partial charge is 0.416 e. The van der Waals surface area contributed by atoms with Crippen molar-refractivity contribution < 1.29 is 18.0 Å².